The number of ether oxygens (including phenoxy) is 1. The molecule has 0 bridgehead atoms. The normalized spacial score (nSPS) is 14.5. The van der Waals surface area contributed by atoms with Gasteiger partial charge in [0.2, 0.25) is 35.4 Å². The fraction of sp³-hybridized carbons (Fsp3) is 0.435. The fourth-order valence-corrected chi connectivity index (χ4v) is 11.2. The number of aromatic nitrogens is 1. The minimum atomic E-state index is -1.11. The first-order valence-corrected chi connectivity index (χ1v) is 30.7. The summed E-state index contributed by atoms with van der Waals surface area (Å²) in [7, 11) is 5.22. The highest BCUT2D eigenvalue weighted by Gasteiger charge is 2.43. The Kier molecular flexibility index (Phi) is 24.4. The molecule has 1 aliphatic heterocycles. The van der Waals surface area contributed by atoms with Gasteiger partial charge in [0.15, 0.2) is 0 Å². The number of fused-ring (bicyclic) bond motifs is 3. The molecule has 488 valence electrons. The van der Waals surface area contributed by atoms with Gasteiger partial charge in [0, 0.05) is 73.8 Å². The van der Waals surface area contributed by atoms with Gasteiger partial charge in [0.05, 0.1) is 24.3 Å². The summed E-state index contributed by atoms with van der Waals surface area (Å²) in [6.45, 7) is 18.7. The van der Waals surface area contributed by atoms with Crippen molar-refractivity contribution in [2.24, 2.45) is 30.0 Å². The Morgan fingerprint density at radius 1 is 0.758 bits per heavy atom. The van der Waals surface area contributed by atoms with Crippen molar-refractivity contribution in [2.45, 2.75) is 150 Å². The maximum absolute atomic E-state index is 14.5. The number of hydrogen-bond acceptors (Lipinski definition) is 11. The monoisotopic (exact) mass is 1250 g/mol. The summed E-state index contributed by atoms with van der Waals surface area (Å²) in [5, 5.41) is 30.4. The van der Waals surface area contributed by atoms with E-state index < -0.39 is 88.7 Å². The number of anilines is 2. The molecule has 1 aliphatic rings. The van der Waals surface area contributed by atoms with E-state index in [2.05, 4.69) is 37.2 Å². The Balaban J connectivity index is 1.05. The van der Waals surface area contributed by atoms with Crippen LogP contribution in [0.3, 0.4) is 0 Å². The lowest BCUT2D eigenvalue weighted by Gasteiger charge is -2.39. The Hall–Kier alpha value is -9.31. The van der Waals surface area contributed by atoms with Gasteiger partial charge in [-0.05, 0) is 108 Å². The van der Waals surface area contributed by atoms with Crippen LogP contribution in [0.2, 0.25) is 0 Å². The molecule has 9 amide bonds. The Morgan fingerprint density at radius 3 is 2.04 bits per heavy atom. The molecule has 0 spiro atoms. The average molecular weight is 1250 g/mol. The fourth-order valence-electron chi connectivity index (χ4n) is 11.2. The largest absolute Gasteiger partial charge is 0.478 e. The number of carbonyl (C=O) groups is 9. The third-order valence-corrected chi connectivity index (χ3v) is 16.5. The van der Waals surface area contributed by atoms with E-state index in [-0.39, 0.29) is 68.7 Å². The molecule has 5 atom stereocenters. The number of aryl methyl sites for hydroxylation is 1. The number of likely N-dealkylation sites (N-methyl/N-ethyl adjacent to an activating group) is 2. The van der Waals surface area contributed by atoms with E-state index in [1.54, 1.807) is 63.2 Å². The number of nitrogens with zero attached hydrogens (tertiary/aromatic N) is 3. The number of alkyl carbamates (subject to hydrolysis) is 1. The molecule has 6 rings (SSSR count). The lowest BCUT2D eigenvalue weighted by atomic mass is 9.76. The summed E-state index contributed by atoms with van der Waals surface area (Å²) in [5.41, 5.74) is 10.8. The van der Waals surface area contributed by atoms with Gasteiger partial charge in [-0.1, -0.05) is 141 Å². The molecular weight excluding hydrogens is 1160 g/mol. The number of primary amides is 1. The van der Waals surface area contributed by atoms with Crippen molar-refractivity contribution < 1.29 is 53.0 Å². The number of benzene rings is 4. The van der Waals surface area contributed by atoms with E-state index >= 15 is 0 Å². The van der Waals surface area contributed by atoms with E-state index in [9.17, 15) is 48.3 Å². The van der Waals surface area contributed by atoms with Crippen molar-refractivity contribution in [1.29, 1.82) is 0 Å². The van der Waals surface area contributed by atoms with E-state index in [0.29, 0.717) is 17.8 Å². The number of para-hydroxylation sites is 1. The number of nitrogens with two attached hydrogens (primary N) is 1. The van der Waals surface area contributed by atoms with E-state index in [1.807, 2.05) is 145 Å². The topological polar surface area (TPSA) is 305 Å². The summed E-state index contributed by atoms with van der Waals surface area (Å²) in [6.07, 6.45) is 6.86. The van der Waals surface area contributed by atoms with Gasteiger partial charge >= 0.3 is 18.1 Å². The number of rotatable bonds is 27. The first-order chi connectivity index (χ1) is 42.9. The van der Waals surface area contributed by atoms with Crippen molar-refractivity contribution >= 4 is 88.0 Å². The number of carboxylic acids is 1. The predicted molar refractivity (Wildman–Crippen MR) is 353 cm³/mol. The van der Waals surface area contributed by atoms with Crippen LogP contribution in [0.4, 0.5) is 21.0 Å². The van der Waals surface area contributed by atoms with Crippen LogP contribution in [-0.2, 0) is 70.5 Å². The second-order valence-corrected chi connectivity index (χ2v) is 25.6. The smallest absolute Gasteiger partial charge is 0.407 e. The number of carboxylic acid groups (broad SMARTS) is 1. The van der Waals surface area contributed by atoms with Gasteiger partial charge < -0.3 is 67.2 Å². The van der Waals surface area contributed by atoms with Crippen LogP contribution >= 0.6 is 0 Å². The third kappa shape index (κ3) is 18.9. The summed E-state index contributed by atoms with van der Waals surface area (Å²) in [4.78, 5) is 124. The number of carbonyl (C=O) groups excluding carboxylic acids is 8. The molecule has 22 heteroatoms. The van der Waals surface area contributed by atoms with Crippen molar-refractivity contribution in [3.63, 3.8) is 0 Å². The number of aliphatic carboxylic acids is 1. The molecule has 2 heterocycles. The summed E-state index contributed by atoms with van der Waals surface area (Å²) in [5.74, 6) is -4.34. The van der Waals surface area contributed by atoms with Crippen LogP contribution in [0, 0.1) is 17.3 Å². The van der Waals surface area contributed by atoms with Gasteiger partial charge in [-0.2, -0.15) is 0 Å². The number of hydrogen-bond donors (Lipinski definition) is 9. The molecule has 0 aliphatic carbocycles. The highest BCUT2D eigenvalue weighted by Crippen LogP contribution is 2.36. The molecule has 4 aromatic carbocycles. The standard InChI is InChI=1S/C69H91N11O11/c1-41(2)55(35-43(5)65(87)88)79(13)64(86)60(68(6,7)8)77-63(85)59(71-11)69(9,10)51-39-78(12)54-31-26-45(36-50(51)54)37-73-67(90)91-40-44-24-29-49(30-25-44)74-61(83)52(22-18-34-72-66(70)89)75-62(84)58(42(3)4)76-56(81)32-33-57(82)80-38-48-21-15-14-19-46(48)27-28-47-20-16-17-23-53(47)80/h14-17,19-21,23-31,35-36,39,41-42,52,55,58-60,71H,18,22,32-34,37-38,40H2,1-13H3,(H,73,90)(H,74,83)(H,75,84)(H,76,81)(H,77,85)(H,87,88)(H3,70,72,89)/b28-27-,43-35+/t52-,55+,58-,59-,60+/m0/s1. The van der Waals surface area contributed by atoms with Crippen LogP contribution < -0.4 is 47.9 Å². The van der Waals surface area contributed by atoms with Crippen LogP contribution in [0.25, 0.3) is 23.1 Å². The van der Waals surface area contributed by atoms with Gasteiger partial charge in [0.25, 0.3) is 0 Å². The molecule has 10 N–H and O–H groups in total. The minimum Gasteiger partial charge on any atom is -0.478 e. The molecule has 0 unspecified atom stereocenters. The Bertz CT molecular complexity index is 3530. The lowest BCUT2D eigenvalue weighted by molar-refractivity contribution is -0.141. The van der Waals surface area contributed by atoms with Crippen molar-refractivity contribution in [3.05, 3.63) is 142 Å². The van der Waals surface area contributed by atoms with Crippen molar-refractivity contribution in [2.75, 3.05) is 30.9 Å². The van der Waals surface area contributed by atoms with Gasteiger partial charge in [0.1, 0.15) is 24.7 Å². The summed E-state index contributed by atoms with van der Waals surface area (Å²) < 4.78 is 7.54. The van der Waals surface area contributed by atoms with Crippen molar-refractivity contribution in [1.82, 2.24) is 41.4 Å². The molecule has 5 aromatic rings. The zero-order chi connectivity index (χ0) is 67.1. The molecule has 0 saturated carbocycles. The minimum absolute atomic E-state index is 0.0928. The maximum atomic E-state index is 14.5. The number of urea groups is 1. The summed E-state index contributed by atoms with van der Waals surface area (Å²) in [6, 6.07) is 22.4. The first kappa shape index (κ1) is 70.8. The highest BCUT2D eigenvalue weighted by molar-refractivity contribution is 6.01. The molecule has 22 nitrogen and oxygen atoms in total. The average Bonchev–Trinajstić information content (AvgIpc) is 1.66. The molecule has 91 heavy (non-hydrogen) atoms. The van der Waals surface area contributed by atoms with Crippen LogP contribution in [0.5, 0.6) is 0 Å². The molecular formula is C69H91N11O11. The van der Waals surface area contributed by atoms with E-state index in [1.165, 1.54) is 11.8 Å². The quantitative estimate of drug-likeness (QED) is 0.0178. The third-order valence-electron chi connectivity index (χ3n) is 16.5. The Morgan fingerprint density at radius 2 is 1.41 bits per heavy atom. The Labute approximate surface area is 533 Å². The van der Waals surface area contributed by atoms with Gasteiger partial charge in [-0.3, -0.25) is 28.8 Å². The zero-order valence-corrected chi connectivity index (χ0v) is 54.6. The van der Waals surface area contributed by atoms with Gasteiger partial charge in [-0.25, -0.2) is 14.4 Å². The zero-order valence-electron chi connectivity index (χ0n) is 54.6. The molecule has 0 fully saturated rings. The maximum Gasteiger partial charge on any atom is 0.407 e. The van der Waals surface area contributed by atoms with Crippen molar-refractivity contribution in [3.8, 4) is 0 Å². The molecule has 1 aromatic heterocycles. The van der Waals surface area contributed by atoms with Crippen LogP contribution in [0.15, 0.2) is 109 Å². The first-order valence-electron chi connectivity index (χ1n) is 30.7. The molecule has 0 radical (unpaired) electrons. The number of amides is 9. The second-order valence-electron chi connectivity index (χ2n) is 25.6. The lowest BCUT2D eigenvalue weighted by Crippen LogP contribution is -2.61. The predicted octanol–water partition coefficient (Wildman–Crippen LogP) is 8.03. The second kappa shape index (κ2) is 31.4. The van der Waals surface area contributed by atoms with Crippen LogP contribution in [-0.4, -0.2) is 119 Å². The van der Waals surface area contributed by atoms with Gasteiger partial charge in [-0.15, -0.1) is 0 Å². The van der Waals surface area contributed by atoms with E-state index in [0.717, 1.165) is 44.4 Å². The number of nitrogens with one attached hydrogen (secondary N) is 7. The highest BCUT2D eigenvalue weighted by atomic mass is 16.5. The molecule has 0 saturated heterocycles. The van der Waals surface area contributed by atoms with E-state index in [4.69, 9.17) is 10.5 Å². The SMILES string of the molecule is CN[C@@H](C(=O)N[C@H](C(=O)N(C)[C@H](/C=C(\C)C(=O)O)C(C)C)C(C)(C)C)C(C)(C)c1cn(C)c2ccc(CNC(=O)OCc3ccc(NC(=O)[C@H](CCCNC(N)=O)NC(=O)[C@@H](NC(=O)CCC(=O)N4Cc5ccccc5/C=C\c5ccccc54)C(C)C)cc3)cc12. The summed E-state index contributed by atoms with van der Waals surface area (Å²) >= 11 is 0. The van der Waals surface area contributed by atoms with Crippen LogP contribution in [0.1, 0.15) is 128 Å².